The molecule has 134 valence electrons. The molecule has 26 heavy (non-hydrogen) atoms. The maximum Gasteiger partial charge on any atom is 0.156 e. The van der Waals surface area contributed by atoms with Crippen molar-refractivity contribution in [3.63, 3.8) is 0 Å². The Bertz CT molecular complexity index is 898. The summed E-state index contributed by atoms with van der Waals surface area (Å²) in [6.07, 6.45) is 4.18. The lowest BCUT2D eigenvalue weighted by Gasteiger charge is -2.33. The predicted octanol–water partition coefficient (Wildman–Crippen LogP) is 3.86. The molecule has 5 heteroatoms. The zero-order chi connectivity index (χ0) is 17.9. The van der Waals surface area contributed by atoms with E-state index in [1.807, 2.05) is 13.1 Å². The number of anilines is 1. The van der Waals surface area contributed by atoms with Gasteiger partial charge in [0.05, 0.1) is 5.52 Å². The summed E-state index contributed by atoms with van der Waals surface area (Å²) in [4.78, 5) is 16.0. The molecular formula is C21H24N4O. The molecule has 0 N–H and O–H groups in total. The number of hydrogen-bond donors (Lipinski definition) is 0. The van der Waals surface area contributed by atoms with Gasteiger partial charge in [-0.2, -0.15) is 0 Å². The normalized spacial score (nSPS) is 15.5. The molecule has 4 rings (SSSR count). The van der Waals surface area contributed by atoms with Crippen LogP contribution in [0, 0.1) is 6.92 Å². The number of hydrogen-bond acceptors (Lipinski definition) is 5. The molecule has 0 bridgehead atoms. The molecular weight excluding hydrogens is 324 g/mol. The summed E-state index contributed by atoms with van der Waals surface area (Å²) in [5.74, 6) is 2.34. The summed E-state index contributed by atoms with van der Waals surface area (Å²) in [6, 6.07) is 12.7. The number of ether oxygens (including phenoxy) is 1. The van der Waals surface area contributed by atoms with Crippen LogP contribution in [0.15, 0.2) is 42.6 Å². The van der Waals surface area contributed by atoms with Crippen molar-refractivity contribution in [2.24, 2.45) is 0 Å². The number of pyridine rings is 1. The molecule has 0 atom stereocenters. The number of benzene rings is 1. The van der Waals surface area contributed by atoms with Crippen LogP contribution >= 0.6 is 0 Å². The first-order valence-corrected chi connectivity index (χ1v) is 9.16. The number of rotatable bonds is 4. The molecule has 5 nitrogen and oxygen atoms in total. The highest BCUT2D eigenvalue weighted by atomic mass is 16.5. The van der Waals surface area contributed by atoms with Gasteiger partial charge in [0.2, 0.25) is 0 Å². The minimum Gasteiger partial charge on any atom is -0.377 e. The fourth-order valence-electron chi connectivity index (χ4n) is 3.86. The van der Waals surface area contributed by atoms with Gasteiger partial charge in [0.1, 0.15) is 12.4 Å². The Morgan fingerprint density at radius 1 is 1.12 bits per heavy atom. The van der Waals surface area contributed by atoms with Crippen molar-refractivity contribution in [3.05, 3.63) is 59.7 Å². The number of para-hydroxylation sites is 1. The van der Waals surface area contributed by atoms with E-state index in [4.69, 9.17) is 4.74 Å². The quantitative estimate of drug-likeness (QED) is 0.716. The molecule has 1 saturated heterocycles. The summed E-state index contributed by atoms with van der Waals surface area (Å²) in [7, 11) is 1.68. The Kier molecular flexibility index (Phi) is 4.80. The van der Waals surface area contributed by atoms with E-state index >= 15 is 0 Å². The average Bonchev–Trinajstić information content (AvgIpc) is 2.67. The van der Waals surface area contributed by atoms with Crippen molar-refractivity contribution < 1.29 is 4.74 Å². The molecule has 0 aliphatic carbocycles. The molecule has 0 spiro atoms. The van der Waals surface area contributed by atoms with Gasteiger partial charge in [-0.05, 0) is 43.4 Å². The fraction of sp³-hybridized carbons (Fsp3) is 0.381. The Balaban J connectivity index is 1.52. The van der Waals surface area contributed by atoms with Gasteiger partial charge in [0.25, 0.3) is 0 Å². The highest BCUT2D eigenvalue weighted by Gasteiger charge is 2.23. The zero-order valence-corrected chi connectivity index (χ0v) is 15.4. The second-order valence-electron chi connectivity index (χ2n) is 6.90. The molecule has 1 aliphatic heterocycles. The van der Waals surface area contributed by atoms with Crippen molar-refractivity contribution in [3.8, 4) is 0 Å². The molecule has 3 heterocycles. The first-order chi connectivity index (χ1) is 12.7. The summed E-state index contributed by atoms with van der Waals surface area (Å²) in [5, 5.41) is 1.29. The largest absolute Gasteiger partial charge is 0.377 e. The smallest absolute Gasteiger partial charge is 0.156 e. The summed E-state index contributed by atoms with van der Waals surface area (Å²) >= 11 is 0. The van der Waals surface area contributed by atoms with Crippen molar-refractivity contribution >= 4 is 16.7 Å². The third kappa shape index (κ3) is 3.40. The van der Waals surface area contributed by atoms with Crippen molar-refractivity contribution in [1.29, 1.82) is 0 Å². The lowest BCUT2D eigenvalue weighted by molar-refractivity contribution is 0.177. The van der Waals surface area contributed by atoms with Crippen LogP contribution in [-0.2, 0) is 11.3 Å². The fourth-order valence-corrected chi connectivity index (χ4v) is 3.86. The predicted molar refractivity (Wildman–Crippen MR) is 103 cm³/mol. The van der Waals surface area contributed by atoms with Gasteiger partial charge in [-0.25, -0.2) is 9.97 Å². The monoisotopic (exact) mass is 348 g/mol. The lowest BCUT2D eigenvalue weighted by Crippen LogP contribution is -2.34. The molecule has 1 fully saturated rings. The van der Waals surface area contributed by atoms with E-state index in [0.717, 1.165) is 48.8 Å². The third-order valence-corrected chi connectivity index (χ3v) is 5.10. The van der Waals surface area contributed by atoms with E-state index < -0.39 is 0 Å². The number of aryl methyl sites for hydroxylation is 1. The standard InChI is InChI=1S/C21H24N4O/c1-15-13-21(24-20(23-15)14-26-2)25-11-8-16(9-12-25)17-7-10-22-19-6-4-3-5-18(17)19/h3-7,10,13,16H,8-9,11-12,14H2,1-2H3. The van der Waals surface area contributed by atoms with Crippen molar-refractivity contribution in [2.75, 3.05) is 25.1 Å². The van der Waals surface area contributed by atoms with Gasteiger partial charge in [-0.3, -0.25) is 4.98 Å². The second kappa shape index (κ2) is 7.38. The molecule has 2 aromatic heterocycles. The number of nitrogens with zero attached hydrogens (tertiary/aromatic N) is 4. The first-order valence-electron chi connectivity index (χ1n) is 9.16. The van der Waals surface area contributed by atoms with Crippen LogP contribution in [0.25, 0.3) is 10.9 Å². The summed E-state index contributed by atoms with van der Waals surface area (Å²) in [6.45, 7) is 4.47. The Morgan fingerprint density at radius 2 is 1.92 bits per heavy atom. The molecule has 0 radical (unpaired) electrons. The van der Waals surface area contributed by atoms with E-state index in [9.17, 15) is 0 Å². The van der Waals surface area contributed by atoms with Gasteiger partial charge in [0.15, 0.2) is 5.82 Å². The summed E-state index contributed by atoms with van der Waals surface area (Å²) < 4.78 is 5.19. The topological polar surface area (TPSA) is 51.1 Å². The molecule has 0 amide bonds. The minimum atomic E-state index is 0.453. The zero-order valence-electron chi connectivity index (χ0n) is 15.4. The van der Waals surface area contributed by atoms with Gasteiger partial charge >= 0.3 is 0 Å². The van der Waals surface area contributed by atoms with Gasteiger partial charge in [-0.1, -0.05) is 18.2 Å². The van der Waals surface area contributed by atoms with Crippen LogP contribution in [-0.4, -0.2) is 35.2 Å². The second-order valence-corrected chi connectivity index (χ2v) is 6.90. The van der Waals surface area contributed by atoms with Crippen molar-refractivity contribution in [2.45, 2.75) is 32.3 Å². The lowest BCUT2D eigenvalue weighted by atomic mass is 9.87. The van der Waals surface area contributed by atoms with E-state index in [1.165, 1.54) is 10.9 Å². The van der Waals surface area contributed by atoms with Crippen LogP contribution in [0.2, 0.25) is 0 Å². The van der Waals surface area contributed by atoms with E-state index in [1.54, 1.807) is 7.11 Å². The van der Waals surface area contributed by atoms with Gasteiger partial charge in [0, 0.05) is 43.5 Å². The molecule has 1 aromatic carbocycles. The number of fused-ring (bicyclic) bond motifs is 1. The minimum absolute atomic E-state index is 0.453. The number of piperidine rings is 1. The maximum atomic E-state index is 5.19. The van der Waals surface area contributed by atoms with Crippen LogP contribution in [0.3, 0.4) is 0 Å². The van der Waals surface area contributed by atoms with E-state index in [-0.39, 0.29) is 0 Å². The first kappa shape index (κ1) is 16.9. The summed E-state index contributed by atoms with van der Waals surface area (Å²) in [5.41, 5.74) is 3.50. The van der Waals surface area contributed by atoms with Crippen molar-refractivity contribution in [1.82, 2.24) is 15.0 Å². The number of methoxy groups -OCH3 is 1. The molecule has 3 aromatic rings. The maximum absolute atomic E-state index is 5.19. The molecule has 0 unspecified atom stereocenters. The molecule has 1 aliphatic rings. The Labute approximate surface area is 154 Å². The van der Waals surface area contributed by atoms with Crippen LogP contribution in [0.5, 0.6) is 0 Å². The van der Waals surface area contributed by atoms with Gasteiger partial charge in [-0.15, -0.1) is 0 Å². The van der Waals surface area contributed by atoms with E-state index in [0.29, 0.717) is 12.5 Å². The Morgan fingerprint density at radius 3 is 2.73 bits per heavy atom. The number of aromatic nitrogens is 3. The van der Waals surface area contributed by atoms with Crippen LogP contribution in [0.1, 0.15) is 35.8 Å². The van der Waals surface area contributed by atoms with Crippen LogP contribution in [0.4, 0.5) is 5.82 Å². The van der Waals surface area contributed by atoms with Gasteiger partial charge < -0.3 is 9.64 Å². The molecule has 0 saturated carbocycles. The highest BCUT2D eigenvalue weighted by molar-refractivity contribution is 5.82. The Hall–Kier alpha value is -2.53. The average molecular weight is 348 g/mol. The van der Waals surface area contributed by atoms with Crippen LogP contribution < -0.4 is 4.90 Å². The SMILES string of the molecule is COCc1nc(C)cc(N2CCC(c3ccnc4ccccc34)CC2)n1. The highest BCUT2D eigenvalue weighted by Crippen LogP contribution is 2.33. The van der Waals surface area contributed by atoms with E-state index in [2.05, 4.69) is 56.3 Å². The third-order valence-electron chi connectivity index (χ3n) is 5.10.